The third-order valence-corrected chi connectivity index (χ3v) is 1.60. The molecule has 0 aliphatic heterocycles. The van der Waals surface area contributed by atoms with E-state index < -0.39 is 12.5 Å². The zero-order chi connectivity index (χ0) is 9.78. The van der Waals surface area contributed by atoms with E-state index in [0.717, 1.165) is 0 Å². The Morgan fingerprint density at radius 1 is 1.25 bits per heavy atom. The molecule has 0 aliphatic rings. The van der Waals surface area contributed by atoms with E-state index in [-0.39, 0.29) is 5.41 Å². The van der Waals surface area contributed by atoms with Crippen molar-refractivity contribution < 1.29 is 8.78 Å². The van der Waals surface area contributed by atoms with Crippen LogP contribution in [0.1, 0.15) is 34.1 Å². The molecule has 1 unspecified atom stereocenters. The van der Waals surface area contributed by atoms with Gasteiger partial charge in [-0.2, -0.15) is 0 Å². The zero-order valence-electron chi connectivity index (χ0n) is 8.32. The first-order valence-corrected chi connectivity index (χ1v) is 4.38. The smallest absolute Gasteiger partial charge is 0.253 e. The van der Waals surface area contributed by atoms with Crippen LogP contribution in [-0.4, -0.2) is 19.0 Å². The van der Waals surface area contributed by atoms with Crippen LogP contribution < -0.4 is 5.32 Å². The van der Waals surface area contributed by atoms with Gasteiger partial charge in [0.1, 0.15) is 0 Å². The van der Waals surface area contributed by atoms with Crippen LogP contribution in [0.4, 0.5) is 8.78 Å². The van der Waals surface area contributed by atoms with Crippen LogP contribution in [0.2, 0.25) is 0 Å². The van der Waals surface area contributed by atoms with Gasteiger partial charge in [0.05, 0.1) is 6.04 Å². The molecule has 3 heteroatoms. The summed E-state index contributed by atoms with van der Waals surface area (Å²) < 4.78 is 24.7. The van der Waals surface area contributed by atoms with E-state index in [1.165, 1.54) is 0 Å². The maximum absolute atomic E-state index is 12.4. The van der Waals surface area contributed by atoms with Gasteiger partial charge in [-0.1, -0.05) is 27.7 Å². The second-order valence-corrected chi connectivity index (χ2v) is 4.26. The number of alkyl halides is 2. The molecule has 0 aromatic carbocycles. The van der Waals surface area contributed by atoms with E-state index in [1.54, 1.807) is 0 Å². The van der Waals surface area contributed by atoms with E-state index in [2.05, 4.69) is 5.32 Å². The standard InChI is InChI=1S/C9H19F2N/c1-5-12-7(8(10)11)6-9(2,3)4/h7-8,12H,5-6H2,1-4H3. The second kappa shape index (κ2) is 4.75. The van der Waals surface area contributed by atoms with Gasteiger partial charge in [0.15, 0.2) is 0 Å². The normalized spacial score (nSPS) is 15.2. The van der Waals surface area contributed by atoms with Crippen molar-refractivity contribution in [3.8, 4) is 0 Å². The molecule has 0 aliphatic carbocycles. The first-order valence-electron chi connectivity index (χ1n) is 4.38. The fourth-order valence-corrected chi connectivity index (χ4v) is 1.17. The molecule has 0 saturated heterocycles. The van der Waals surface area contributed by atoms with Crippen LogP contribution in [0, 0.1) is 5.41 Å². The SMILES string of the molecule is CCNC(CC(C)(C)C)C(F)F. The lowest BCUT2D eigenvalue weighted by atomic mass is 9.88. The molecule has 0 amide bonds. The lowest BCUT2D eigenvalue weighted by Gasteiger charge is -2.25. The first kappa shape index (κ1) is 11.8. The van der Waals surface area contributed by atoms with E-state index in [0.29, 0.717) is 13.0 Å². The molecule has 1 atom stereocenters. The van der Waals surface area contributed by atoms with Crippen molar-refractivity contribution in [2.45, 2.75) is 46.6 Å². The van der Waals surface area contributed by atoms with Gasteiger partial charge in [0, 0.05) is 0 Å². The molecule has 12 heavy (non-hydrogen) atoms. The van der Waals surface area contributed by atoms with Gasteiger partial charge in [-0.15, -0.1) is 0 Å². The molecule has 1 nitrogen and oxygen atoms in total. The van der Waals surface area contributed by atoms with Gasteiger partial charge in [-0.05, 0) is 18.4 Å². The largest absolute Gasteiger partial charge is 0.309 e. The fraction of sp³-hybridized carbons (Fsp3) is 1.00. The molecule has 0 heterocycles. The van der Waals surface area contributed by atoms with Gasteiger partial charge < -0.3 is 5.32 Å². The van der Waals surface area contributed by atoms with Crippen LogP contribution in [0.15, 0.2) is 0 Å². The number of rotatable bonds is 4. The van der Waals surface area contributed by atoms with Crippen molar-refractivity contribution in [2.75, 3.05) is 6.54 Å². The maximum atomic E-state index is 12.4. The Labute approximate surface area is 73.5 Å². The Morgan fingerprint density at radius 3 is 2.00 bits per heavy atom. The molecule has 74 valence electrons. The van der Waals surface area contributed by atoms with Crippen molar-refractivity contribution in [2.24, 2.45) is 5.41 Å². The number of hydrogen-bond acceptors (Lipinski definition) is 1. The van der Waals surface area contributed by atoms with E-state index >= 15 is 0 Å². The Balaban J connectivity index is 3.95. The van der Waals surface area contributed by atoms with Gasteiger partial charge in [0.25, 0.3) is 6.43 Å². The number of nitrogens with one attached hydrogen (secondary N) is 1. The molecule has 0 fully saturated rings. The minimum atomic E-state index is -2.26. The average molecular weight is 179 g/mol. The predicted octanol–water partition coefficient (Wildman–Crippen LogP) is 2.67. The van der Waals surface area contributed by atoms with Crippen molar-refractivity contribution in [3.63, 3.8) is 0 Å². The highest BCUT2D eigenvalue weighted by molar-refractivity contribution is 4.75. The molecule has 0 aromatic heterocycles. The molecule has 0 bridgehead atoms. The summed E-state index contributed by atoms with van der Waals surface area (Å²) in [7, 11) is 0. The molecular weight excluding hydrogens is 160 g/mol. The van der Waals surface area contributed by atoms with E-state index in [9.17, 15) is 8.78 Å². The summed E-state index contributed by atoms with van der Waals surface area (Å²) in [6.45, 7) is 8.36. The van der Waals surface area contributed by atoms with Gasteiger partial charge in [-0.3, -0.25) is 0 Å². The summed E-state index contributed by atoms with van der Waals surface area (Å²) in [5, 5.41) is 2.79. The minimum Gasteiger partial charge on any atom is -0.309 e. The molecular formula is C9H19F2N. The predicted molar refractivity (Wildman–Crippen MR) is 47.5 cm³/mol. The maximum Gasteiger partial charge on any atom is 0.253 e. The summed E-state index contributed by atoms with van der Waals surface area (Å²) in [4.78, 5) is 0. The Bertz CT molecular complexity index is 118. The van der Waals surface area contributed by atoms with Gasteiger partial charge >= 0.3 is 0 Å². The average Bonchev–Trinajstić information content (AvgIpc) is 1.83. The topological polar surface area (TPSA) is 12.0 Å². The third kappa shape index (κ3) is 5.47. The summed E-state index contributed by atoms with van der Waals surface area (Å²) >= 11 is 0. The van der Waals surface area contributed by atoms with Crippen LogP contribution >= 0.6 is 0 Å². The van der Waals surface area contributed by atoms with Crippen LogP contribution in [0.25, 0.3) is 0 Å². The summed E-state index contributed by atoms with van der Waals surface area (Å²) in [5.74, 6) is 0. The van der Waals surface area contributed by atoms with Crippen molar-refractivity contribution in [1.82, 2.24) is 5.32 Å². The van der Waals surface area contributed by atoms with E-state index in [4.69, 9.17) is 0 Å². The zero-order valence-corrected chi connectivity index (χ0v) is 8.32. The van der Waals surface area contributed by atoms with Crippen LogP contribution in [-0.2, 0) is 0 Å². The van der Waals surface area contributed by atoms with Crippen LogP contribution in [0.5, 0.6) is 0 Å². The lowest BCUT2D eigenvalue weighted by molar-refractivity contribution is 0.0776. The Hall–Kier alpha value is -0.180. The highest BCUT2D eigenvalue weighted by Crippen LogP contribution is 2.23. The van der Waals surface area contributed by atoms with Crippen molar-refractivity contribution in [3.05, 3.63) is 0 Å². The van der Waals surface area contributed by atoms with Crippen molar-refractivity contribution >= 4 is 0 Å². The van der Waals surface area contributed by atoms with Crippen molar-refractivity contribution in [1.29, 1.82) is 0 Å². The molecule has 0 saturated carbocycles. The summed E-state index contributed by atoms with van der Waals surface area (Å²) in [6.07, 6.45) is -1.75. The van der Waals surface area contributed by atoms with Crippen LogP contribution in [0.3, 0.4) is 0 Å². The minimum absolute atomic E-state index is 0.0384. The summed E-state index contributed by atoms with van der Waals surface area (Å²) in [6, 6.07) is -0.657. The monoisotopic (exact) mass is 179 g/mol. The third-order valence-electron chi connectivity index (χ3n) is 1.60. The van der Waals surface area contributed by atoms with E-state index in [1.807, 2.05) is 27.7 Å². The second-order valence-electron chi connectivity index (χ2n) is 4.26. The number of halogens is 2. The molecule has 0 aromatic rings. The fourth-order valence-electron chi connectivity index (χ4n) is 1.17. The molecule has 0 radical (unpaired) electrons. The Morgan fingerprint density at radius 2 is 1.75 bits per heavy atom. The van der Waals surface area contributed by atoms with Gasteiger partial charge in [-0.25, -0.2) is 8.78 Å². The molecule has 1 N–H and O–H groups in total. The van der Waals surface area contributed by atoms with Gasteiger partial charge in [0.2, 0.25) is 0 Å². The number of hydrogen-bond donors (Lipinski definition) is 1. The highest BCUT2D eigenvalue weighted by Gasteiger charge is 2.24. The highest BCUT2D eigenvalue weighted by atomic mass is 19.3. The lowest BCUT2D eigenvalue weighted by Crippen LogP contribution is -2.38. The quantitative estimate of drug-likeness (QED) is 0.699. The Kier molecular flexibility index (Phi) is 4.68. The molecule has 0 spiro atoms. The molecule has 0 rings (SSSR count). The first-order chi connectivity index (χ1) is 5.37. The summed E-state index contributed by atoms with van der Waals surface area (Å²) in [5.41, 5.74) is -0.0384.